The molecule has 0 saturated heterocycles. The lowest BCUT2D eigenvalue weighted by atomic mass is 10.2. The van der Waals surface area contributed by atoms with Gasteiger partial charge in [0.05, 0.1) is 17.1 Å². The number of aromatic nitrogens is 2. The Morgan fingerprint density at radius 1 is 1.23 bits per heavy atom. The van der Waals surface area contributed by atoms with Gasteiger partial charge in [-0.3, -0.25) is 10.1 Å². The summed E-state index contributed by atoms with van der Waals surface area (Å²) in [6.45, 7) is 6.51. The van der Waals surface area contributed by atoms with Crippen molar-refractivity contribution < 1.29 is 19.1 Å². The molecule has 1 aromatic heterocycles. The van der Waals surface area contributed by atoms with Crippen molar-refractivity contribution in [2.45, 2.75) is 13.8 Å². The topological polar surface area (TPSA) is 102 Å². The van der Waals surface area contributed by atoms with E-state index in [1.165, 1.54) is 6.08 Å². The zero-order valence-corrected chi connectivity index (χ0v) is 14.6. The number of para-hydroxylation sites is 1. The molecule has 2 aromatic rings. The summed E-state index contributed by atoms with van der Waals surface area (Å²) in [5.74, 6) is -1.41. The van der Waals surface area contributed by atoms with Crippen LogP contribution in [0.3, 0.4) is 0 Å². The number of rotatable bonds is 6. The number of hydrogen-bond acceptors (Lipinski definition) is 5. The van der Waals surface area contributed by atoms with Gasteiger partial charge < -0.3 is 10.1 Å². The highest BCUT2D eigenvalue weighted by Gasteiger charge is 2.21. The third-order valence-corrected chi connectivity index (χ3v) is 3.49. The highest BCUT2D eigenvalue weighted by molar-refractivity contribution is 5.97. The largest absolute Gasteiger partial charge is 0.452 e. The molecule has 8 nitrogen and oxygen atoms in total. The predicted molar refractivity (Wildman–Crippen MR) is 95.1 cm³/mol. The summed E-state index contributed by atoms with van der Waals surface area (Å²) < 4.78 is 6.64. The lowest BCUT2D eigenvalue weighted by Gasteiger charge is -2.07. The van der Waals surface area contributed by atoms with Crippen LogP contribution in [-0.2, 0) is 9.53 Å². The summed E-state index contributed by atoms with van der Waals surface area (Å²) in [5, 5.41) is 8.78. The van der Waals surface area contributed by atoms with E-state index in [4.69, 9.17) is 4.74 Å². The maximum absolute atomic E-state index is 12.3. The molecule has 0 aliphatic rings. The molecule has 0 aliphatic heterocycles. The Labute approximate surface area is 150 Å². The van der Waals surface area contributed by atoms with E-state index in [1.54, 1.807) is 18.5 Å². The van der Waals surface area contributed by atoms with Crippen molar-refractivity contribution >= 4 is 17.9 Å². The standard InChI is InChI=1S/C18H20N4O4/c1-4-10-19-18(25)20-15(23)11-26-17(24)16-12(2)21-22(13(16)3)14-8-6-5-7-9-14/h4-9H,1,10-11H2,2-3H3,(H2,19,20,23,25). The van der Waals surface area contributed by atoms with Crippen LogP contribution in [0.15, 0.2) is 43.0 Å². The van der Waals surface area contributed by atoms with Crippen molar-refractivity contribution in [3.05, 3.63) is 59.9 Å². The fourth-order valence-electron chi connectivity index (χ4n) is 2.33. The molecule has 136 valence electrons. The molecule has 0 bridgehead atoms. The number of ether oxygens (including phenoxy) is 1. The van der Waals surface area contributed by atoms with Gasteiger partial charge in [-0.2, -0.15) is 5.10 Å². The first-order chi connectivity index (χ1) is 12.4. The summed E-state index contributed by atoms with van der Waals surface area (Å²) in [6.07, 6.45) is 1.47. The first kappa shape index (κ1) is 18.9. The lowest BCUT2D eigenvalue weighted by molar-refractivity contribution is -0.123. The zero-order valence-electron chi connectivity index (χ0n) is 14.6. The third-order valence-electron chi connectivity index (χ3n) is 3.49. The molecule has 0 unspecified atom stereocenters. The van der Waals surface area contributed by atoms with Gasteiger partial charge in [-0.1, -0.05) is 24.3 Å². The van der Waals surface area contributed by atoms with Gasteiger partial charge in [0.1, 0.15) is 5.56 Å². The average Bonchev–Trinajstić information content (AvgIpc) is 2.93. The molecule has 0 fully saturated rings. The number of esters is 1. The van der Waals surface area contributed by atoms with Crippen LogP contribution in [0.4, 0.5) is 4.79 Å². The van der Waals surface area contributed by atoms with Gasteiger partial charge in [0, 0.05) is 6.54 Å². The van der Waals surface area contributed by atoms with Gasteiger partial charge in [0.15, 0.2) is 6.61 Å². The van der Waals surface area contributed by atoms with Gasteiger partial charge >= 0.3 is 12.0 Å². The Hall–Kier alpha value is -3.42. The quantitative estimate of drug-likeness (QED) is 0.605. The highest BCUT2D eigenvalue weighted by atomic mass is 16.5. The Balaban J connectivity index is 2.02. The van der Waals surface area contributed by atoms with E-state index in [1.807, 2.05) is 35.6 Å². The zero-order chi connectivity index (χ0) is 19.1. The highest BCUT2D eigenvalue weighted by Crippen LogP contribution is 2.18. The van der Waals surface area contributed by atoms with E-state index in [0.717, 1.165) is 5.69 Å². The Morgan fingerprint density at radius 2 is 1.92 bits per heavy atom. The van der Waals surface area contributed by atoms with Crippen LogP contribution in [0.25, 0.3) is 5.69 Å². The van der Waals surface area contributed by atoms with Gasteiger partial charge in [-0.25, -0.2) is 14.3 Å². The maximum Gasteiger partial charge on any atom is 0.342 e. The fourth-order valence-corrected chi connectivity index (χ4v) is 2.33. The van der Waals surface area contributed by atoms with E-state index in [0.29, 0.717) is 11.4 Å². The molecule has 2 N–H and O–H groups in total. The number of nitrogens with one attached hydrogen (secondary N) is 2. The number of carbonyl (C=O) groups is 3. The number of hydrogen-bond donors (Lipinski definition) is 2. The number of aryl methyl sites for hydroxylation is 1. The van der Waals surface area contributed by atoms with Crippen LogP contribution in [-0.4, -0.2) is 40.8 Å². The van der Waals surface area contributed by atoms with Crippen LogP contribution >= 0.6 is 0 Å². The molecule has 8 heteroatoms. The third kappa shape index (κ3) is 4.56. The SMILES string of the molecule is C=CCNC(=O)NC(=O)COC(=O)c1c(C)nn(-c2ccccc2)c1C. The van der Waals surface area contributed by atoms with Crippen LogP contribution in [0.1, 0.15) is 21.7 Å². The second-order valence-corrected chi connectivity index (χ2v) is 5.42. The molecule has 0 radical (unpaired) electrons. The average molecular weight is 356 g/mol. The Bertz CT molecular complexity index is 827. The summed E-state index contributed by atoms with van der Waals surface area (Å²) in [5.41, 5.74) is 2.19. The first-order valence-corrected chi connectivity index (χ1v) is 7.91. The van der Waals surface area contributed by atoms with Crippen molar-refractivity contribution in [3.8, 4) is 5.69 Å². The van der Waals surface area contributed by atoms with Crippen molar-refractivity contribution in [3.63, 3.8) is 0 Å². The minimum absolute atomic E-state index is 0.218. The number of urea groups is 1. The lowest BCUT2D eigenvalue weighted by Crippen LogP contribution is -2.41. The number of imide groups is 1. The summed E-state index contributed by atoms with van der Waals surface area (Å²) >= 11 is 0. The van der Waals surface area contributed by atoms with Gasteiger partial charge in [-0.15, -0.1) is 6.58 Å². The normalized spacial score (nSPS) is 10.1. The van der Waals surface area contributed by atoms with E-state index in [2.05, 4.69) is 17.0 Å². The van der Waals surface area contributed by atoms with Gasteiger partial charge in [0.25, 0.3) is 5.91 Å². The van der Waals surface area contributed by atoms with Crippen molar-refractivity contribution in [2.24, 2.45) is 0 Å². The van der Waals surface area contributed by atoms with Crippen LogP contribution < -0.4 is 10.6 Å². The minimum atomic E-state index is -0.731. The summed E-state index contributed by atoms with van der Waals surface area (Å²) in [7, 11) is 0. The smallest absolute Gasteiger partial charge is 0.342 e. The fraction of sp³-hybridized carbons (Fsp3) is 0.222. The van der Waals surface area contributed by atoms with E-state index >= 15 is 0 Å². The molecule has 1 aromatic carbocycles. The van der Waals surface area contributed by atoms with Gasteiger partial charge in [0.2, 0.25) is 0 Å². The van der Waals surface area contributed by atoms with Crippen molar-refractivity contribution in [2.75, 3.05) is 13.2 Å². The minimum Gasteiger partial charge on any atom is -0.452 e. The number of benzene rings is 1. The molecular weight excluding hydrogens is 336 g/mol. The monoisotopic (exact) mass is 356 g/mol. The predicted octanol–water partition coefficient (Wildman–Crippen LogP) is 1.66. The molecule has 0 saturated carbocycles. The summed E-state index contributed by atoms with van der Waals surface area (Å²) in [6, 6.07) is 8.66. The number of nitrogens with zero attached hydrogens (tertiary/aromatic N) is 2. The molecular formula is C18H20N4O4. The molecule has 1 heterocycles. The molecule has 0 atom stereocenters. The summed E-state index contributed by atoms with van der Waals surface area (Å²) in [4.78, 5) is 35.3. The molecule has 26 heavy (non-hydrogen) atoms. The Kier molecular flexibility index (Phi) is 6.26. The van der Waals surface area contributed by atoms with E-state index in [-0.39, 0.29) is 12.1 Å². The Morgan fingerprint density at radius 3 is 2.58 bits per heavy atom. The van der Waals surface area contributed by atoms with Crippen LogP contribution in [0.2, 0.25) is 0 Å². The van der Waals surface area contributed by atoms with Gasteiger partial charge in [-0.05, 0) is 26.0 Å². The second kappa shape index (κ2) is 8.61. The van der Waals surface area contributed by atoms with E-state index < -0.39 is 24.5 Å². The number of amides is 3. The van der Waals surface area contributed by atoms with Crippen LogP contribution in [0, 0.1) is 13.8 Å². The van der Waals surface area contributed by atoms with Crippen LogP contribution in [0.5, 0.6) is 0 Å². The maximum atomic E-state index is 12.3. The van der Waals surface area contributed by atoms with Crippen molar-refractivity contribution in [1.82, 2.24) is 20.4 Å². The molecule has 0 aliphatic carbocycles. The second-order valence-electron chi connectivity index (χ2n) is 5.42. The molecule has 0 spiro atoms. The molecule has 3 amide bonds. The number of carbonyl (C=O) groups excluding carboxylic acids is 3. The van der Waals surface area contributed by atoms with E-state index in [9.17, 15) is 14.4 Å². The van der Waals surface area contributed by atoms with Crippen molar-refractivity contribution in [1.29, 1.82) is 0 Å². The first-order valence-electron chi connectivity index (χ1n) is 7.91. The molecule has 2 rings (SSSR count).